The first-order valence-corrected chi connectivity index (χ1v) is 9.58. The predicted octanol–water partition coefficient (Wildman–Crippen LogP) is 3.73. The summed E-state index contributed by atoms with van der Waals surface area (Å²) in [4.78, 5) is 28.5. The summed E-state index contributed by atoms with van der Waals surface area (Å²) in [5, 5.41) is 12.7. The predicted molar refractivity (Wildman–Crippen MR) is 105 cm³/mol. The van der Waals surface area contributed by atoms with Gasteiger partial charge in [0.15, 0.2) is 0 Å². The van der Waals surface area contributed by atoms with Gasteiger partial charge >= 0.3 is 5.97 Å². The summed E-state index contributed by atoms with van der Waals surface area (Å²) in [6, 6.07) is 11.1. The van der Waals surface area contributed by atoms with Gasteiger partial charge in [-0.25, -0.2) is 9.78 Å². The Hall–Kier alpha value is -2.85. The van der Waals surface area contributed by atoms with Gasteiger partial charge in [0.1, 0.15) is 11.1 Å². The minimum Gasteiger partial charge on any atom is -0.462 e. The van der Waals surface area contributed by atoms with Gasteiger partial charge in [0.25, 0.3) is 0 Å². The first-order valence-electron chi connectivity index (χ1n) is 8.59. The number of para-hydroxylation sites is 1. The van der Waals surface area contributed by atoms with Crippen molar-refractivity contribution in [1.29, 1.82) is 5.26 Å². The van der Waals surface area contributed by atoms with Crippen LogP contribution in [0.1, 0.15) is 41.0 Å². The molecule has 0 unspecified atom stereocenters. The highest BCUT2D eigenvalue weighted by Gasteiger charge is 2.17. The lowest BCUT2D eigenvalue weighted by Crippen LogP contribution is -2.16. The van der Waals surface area contributed by atoms with Crippen molar-refractivity contribution < 1.29 is 14.3 Å². The number of esters is 1. The molecule has 0 radical (unpaired) electrons. The SMILES string of the molecule is CCOC(=O)c1cc(C#N)c(SCC(=O)Nc2ccccc2CC)nc1C. The molecule has 0 aliphatic carbocycles. The van der Waals surface area contributed by atoms with Crippen molar-refractivity contribution in [2.24, 2.45) is 0 Å². The molecular formula is C20H21N3O3S. The number of ether oxygens (including phenoxy) is 1. The van der Waals surface area contributed by atoms with Gasteiger partial charge < -0.3 is 10.1 Å². The summed E-state index contributed by atoms with van der Waals surface area (Å²) < 4.78 is 4.98. The molecule has 0 atom stereocenters. The van der Waals surface area contributed by atoms with E-state index in [1.807, 2.05) is 37.3 Å². The lowest BCUT2D eigenvalue weighted by Gasteiger charge is -2.11. The van der Waals surface area contributed by atoms with E-state index in [0.717, 1.165) is 29.4 Å². The molecule has 140 valence electrons. The summed E-state index contributed by atoms with van der Waals surface area (Å²) in [5.41, 5.74) is 2.82. The second kappa shape index (κ2) is 9.74. The van der Waals surface area contributed by atoms with E-state index >= 15 is 0 Å². The quantitative estimate of drug-likeness (QED) is 0.578. The minimum atomic E-state index is -0.510. The van der Waals surface area contributed by atoms with Crippen LogP contribution in [0.25, 0.3) is 0 Å². The van der Waals surface area contributed by atoms with Crippen LogP contribution in [0.15, 0.2) is 35.4 Å². The molecule has 6 nitrogen and oxygen atoms in total. The number of pyridine rings is 1. The van der Waals surface area contributed by atoms with Crippen molar-refractivity contribution in [2.45, 2.75) is 32.2 Å². The van der Waals surface area contributed by atoms with Gasteiger partial charge in [0.2, 0.25) is 5.91 Å². The van der Waals surface area contributed by atoms with E-state index in [-0.39, 0.29) is 29.4 Å². The van der Waals surface area contributed by atoms with E-state index in [9.17, 15) is 14.9 Å². The van der Waals surface area contributed by atoms with Crippen LogP contribution < -0.4 is 5.32 Å². The number of rotatable bonds is 7. The number of benzene rings is 1. The molecule has 1 heterocycles. The second-order valence-corrected chi connectivity index (χ2v) is 6.62. The van der Waals surface area contributed by atoms with Gasteiger partial charge in [-0.1, -0.05) is 36.9 Å². The third kappa shape index (κ3) is 5.31. The normalized spacial score (nSPS) is 10.1. The van der Waals surface area contributed by atoms with Crippen molar-refractivity contribution in [2.75, 3.05) is 17.7 Å². The van der Waals surface area contributed by atoms with Crippen LogP contribution >= 0.6 is 11.8 Å². The van der Waals surface area contributed by atoms with Gasteiger partial charge in [0, 0.05) is 5.69 Å². The lowest BCUT2D eigenvalue weighted by atomic mass is 10.1. The second-order valence-electron chi connectivity index (χ2n) is 5.65. The van der Waals surface area contributed by atoms with E-state index in [2.05, 4.69) is 10.3 Å². The number of nitrogens with one attached hydrogen (secondary N) is 1. The molecule has 0 aliphatic rings. The number of nitriles is 1. The van der Waals surface area contributed by atoms with Crippen LogP contribution in [0.3, 0.4) is 0 Å². The zero-order valence-corrected chi connectivity index (χ0v) is 16.4. The van der Waals surface area contributed by atoms with Crippen LogP contribution in [0.4, 0.5) is 5.69 Å². The number of aryl methyl sites for hydroxylation is 2. The maximum atomic E-state index is 12.3. The number of hydrogen-bond acceptors (Lipinski definition) is 6. The van der Waals surface area contributed by atoms with E-state index in [1.165, 1.54) is 6.07 Å². The van der Waals surface area contributed by atoms with Crippen LogP contribution in [-0.2, 0) is 16.0 Å². The number of carbonyl (C=O) groups is 2. The molecule has 1 aromatic heterocycles. The minimum absolute atomic E-state index is 0.109. The largest absolute Gasteiger partial charge is 0.462 e. The number of thioether (sulfide) groups is 1. The Morgan fingerprint density at radius 2 is 2.04 bits per heavy atom. The molecule has 1 aromatic carbocycles. The van der Waals surface area contributed by atoms with Crippen molar-refractivity contribution in [3.05, 3.63) is 52.7 Å². The average molecular weight is 383 g/mol. The fraction of sp³-hybridized carbons (Fsp3) is 0.300. The zero-order valence-electron chi connectivity index (χ0n) is 15.5. The number of anilines is 1. The van der Waals surface area contributed by atoms with Crippen molar-refractivity contribution >= 4 is 29.3 Å². The molecular weight excluding hydrogens is 362 g/mol. The number of aromatic nitrogens is 1. The van der Waals surface area contributed by atoms with Gasteiger partial charge in [0.05, 0.1) is 29.2 Å². The molecule has 1 N–H and O–H groups in total. The third-order valence-electron chi connectivity index (χ3n) is 3.81. The molecule has 27 heavy (non-hydrogen) atoms. The maximum Gasteiger partial charge on any atom is 0.340 e. The van der Waals surface area contributed by atoms with Crippen LogP contribution in [0.2, 0.25) is 0 Å². The molecule has 0 saturated heterocycles. The highest BCUT2D eigenvalue weighted by molar-refractivity contribution is 8.00. The van der Waals surface area contributed by atoms with Crippen molar-refractivity contribution in [3.63, 3.8) is 0 Å². The molecule has 0 spiro atoms. The molecule has 0 fully saturated rings. The summed E-state index contributed by atoms with van der Waals surface area (Å²) in [5.74, 6) is -0.582. The third-order valence-corrected chi connectivity index (χ3v) is 4.80. The summed E-state index contributed by atoms with van der Waals surface area (Å²) in [6.07, 6.45) is 0.818. The first-order chi connectivity index (χ1) is 13.0. The van der Waals surface area contributed by atoms with E-state index in [1.54, 1.807) is 13.8 Å². The molecule has 1 amide bonds. The summed E-state index contributed by atoms with van der Waals surface area (Å²) >= 11 is 1.16. The molecule has 0 bridgehead atoms. The highest BCUT2D eigenvalue weighted by atomic mass is 32.2. The lowest BCUT2D eigenvalue weighted by molar-refractivity contribution is -0.113. The number of hydrogen-bond donors (Lipinski definition) is 1. The maximum absolute atomic E-state index is 12.3. The smallest absolute Gasteiger partial charge is 0.340 e. The Labute approximate surface area is 162 Å². The monoisotopic (exact) mass is 383 g/mol. The summed E-state index contributed by atoms with van der Waals surface area (Å²) in [7, 11) is 0. The van der Waals surface area contributed by atoms with Crippen LogP contribution in [0.5, 0.6) is 0 Å². The molecule has 2 aromatic rings. The van der Waals surface area contributed by atoms with E-state index in [0.29, 0.717) is 10.7 Å². The first kappa shape index (κ1) is 20.5. The standard InChI is InChI=1S/C20H21N3O3S/c1-4-14-8-6-7-9-17(14)23-18(24)12-27-19-15(11-21)10-16(13(3)22-19)20(25)26-5-2/h6-10H,4-5,12H2,1-3H3,(H,23,24). The van der Waals surface area contributed by atoms with Crippen LogP contribution in [-0.4, -0.2) is 29.2 Å². The van der Waals surface area contributed by atoms with E-state index in [4.69, 9.17) is 4.74 Å². The molecule has 0 saturated carbocycles. The van der Waals surface area contributed by atoms with Crippen molar-refractivity contribution in [1.82, 2.24) is 4.98 Å². The Morgan fingerprint density at radius 3 is 2.70 bits per heavy atom. The highest BCUT2D eigenvalue weighted by Crippen LogP contribution is 2.24. The zero-order chi connectivity index (χ0) is 19.8. The molecule has 0 aliphatic heterocycles. The van der Waals surface area contributed by atoms with Gasteiger partial charge in [-0.2, -0.15) is 5.26 Å². The Bertz CT molecular complexity index is 891. The van der Waals surface area contributed by atoms with Crippen molar-refractivity contribution in [3.8, 4) is 6.07 Å². The van der Waals surface area contributed by atoms with Gasteiger partial charge in [-0.15, -0.1) is 0 Å². The van der Waals surface area contributed by atoms with Crippen LogP contribution in [0, 0.1) is 18.3 Å². The van der Waals surface area contributed by atoms with Gasteiger partial charge in [-0.05, 0) is 38.0 Å². The average Bonchev–Trinajstić information content (AvgIpc) is 2.67. The molecule has 7 heteroatoms. The van der Waals surface area contributed by atoms with Gasteiger partial charge in [-0.3, -0.25) is 4.79 Å². The fourth-order valence-electron chi connectivity index (χ4n) is 2.46. The number of nitrogens with zero attached hydrogens (tertiary/aromatic N) is 2. The Morgan fingerprint density at radius 1 is 1.30 bits per heavy atom. The fourth-order valence-corrected chi connectivity index (χ4v) is 3.26. The number of carbonyl (C=O) groups excluding carboxylic acids is 2. The summed E-state index contributed by atoms with van der Waals surface area (Å²) in [6.45, 7) is 5.66. The van der Waals surface area contributed by atoms with E-state index < -0.39 is 5.97 Å². The Balaban J connectivity index is 2.11. The number of amides is 1. The Kier molecular flexibility index (Phi) is 7.38. The topological polar surface area (TPSA) is 92.1 Å². The molecule has 2 rings (SSSR count).